The molecule has 0 bridgehead atoms. The second-order valence-corrected chi connectivity index (χ2v) is 5.30. The van der Waals surface area contributed by atoms with E-state index in [0.717, 1.165) is 47.9 Å². The minimum absolute atomic E-state index is 0.299. The third-order valence-corrected chi connectivity index (χ3v) is 4.17. The highest BCUT2D eigenvalue weighted by Gasteiger charge is 2.39. The van der Waals surface area contributed by atoms with Crippen LogP contribution in [0.5, 0.6) is 5.75 Å². The van der Waals surface area contributed by atoms with Gasteiger partial charge in [-0.1, -0.05) is 18.9 Å². The highest BCUT2D eigenvalue weighted by atomic mass is 16.3. The molecular weight excluding hydrogens is 226 g/mol. The Balaban J connectivity index is 2.69. The van der Waals surface area contributed by atoms with E-state index in [9.17, 15) is 9.90 Å². The van der Waals surface area contributed by atoms with Crippen molar-refractivity contribution in [3.05, 3.63) is 28.3 Å². The van der Waals surface area contributed by atoms with Crippen molar-refractivity contribution in [1.29, 1.82) is 0 Å². The molecule has 0 aliphatic heterocycles. The summed E-state index contributed by atoms with van der Waals surface area (Å²) in [6, 6.07) is 2.06. The van der Waals surface area contributed by atoms with E-state index in [0.29, 0.717) is 5.75 Å². The molecule has 2 rings (SSSR count). The van der Waals surface area contributed by atoms with Crippen LogP contribution in [-0.2, 0) is 10.3 Å². The van der Waals surface area contributed by atoms with Crippen LogP contribution in [-0.4, -0.2) is 11.2 Å². The van der Waals surface area contributed by atoms with Crippen LogP contribution in [0.15, 0.2) is 11.1 Å². The maximum Gasteiger partial charge on any atom is 0.235 e. The molecule has 1 fully saturated rings. The average Bonchev–Trinajstić information content (AvgIpc) is 2.76. The van der Waals surface area contributed by atoms with Gasteiger partial charge in [0.1, 0.15) is 11.3 Å². The lowest BCUT2D eigenvalue weighted by molar-refractivity contribution is 0.404. The Kier molecular flexibility index (Phi) is 3.27. The first-order valence-corrected chi connectivity index (χ1v) is 6.41. The zero-order valence-electron chi connectivity index (χ0n) is 11.2. The number of phenols is 1. The van der Waals surface area contributed by atoms with Crippen LogP contribution < -0.4 is 0 Å². The van der Waals surface area contributed by atoms with Gasteiger partial charge in [0.15, 0.2) is 0 Å². The highest BCUT2D eigenvalue weighted by Crippen LogP contribution is 2.48. The summed E-state index contributed by atoms with van der Waals surface area (Å²) in [6.45, 7) is 5.86. The molecule has 0 saturated heterocycles. The molecule has 3 heteroatoms. The molecule has 1 aliphatic carbocycles. The smallest absolute Gasteiger partial charge is 0.235 e. The fraction of sp³-hybridized carbons (Fsp3) is 0.533. The van der Waals surface area contributed by atoms with Crippen molar-refractivity contribution in [2.24, 2.45) is 4.99 Å². The Bertz CT molecular complexity index is 522. The van der Waals surface area contributed by atoms with Gasteiger partial charge in [0.2, 0.25) is 6.08 Å². The second kappa shape index (κ2) is 4.58. The van der Waals surface area contributed by atoms with Crippen LogP contribution in [0.2, 0.25) is 0 Å². The quantitative estimate of drug-likeness (QED) is 0.641. The van der Waals surface area contributed by atoms with Crippen LogP contribution in [0.3, 0.4) is 0 Å². The van der Waals surface area contributed by atoms with E-state index < -0.39 is 5.54 Å². The van der Waals surface area contributed by atoms with Crippen molar-refractivity contribution in [1.82, 2.24) is 0 Å². The van der Waals surface area contributed by atoms with Crippen LogP contribution >= 0.6 is 0 Å². The molecule has 0 amide bonds. The molecule has 3 nitrogen and oxygen atoms in total. The number of nitrogens with zero attached hydrogens (tertiary/aromatic N) is 1. The van der Waals surface area contributed by atoms with Crippen LogP contribution in [0, 0.1) is 20.8 Å². The predicted octanol–water partition coefficient (Wildman–Crippen LogP) is 3.42. The number of hydrogen-bond acceptors (Lipinski definition) is 3. The van der Waals surface area contributed by atoms with Gasteiger partial charge < -0.3 is 5.11 Å². The summed E-state index contributed by atoms with van der Waals surface area (Å²) in [5.74, 6) is 0.299. The largest absolute Gasteiger partial charge is 0.507 e. The van der Waals surface area contributed by atoms with Gasteiger partial charge in [0.05, 0.1) is 0 Å². The van der Waals surface area contributed by atoms with Gasteiger partial charge in [-0.15, -0.1) is 0 Å². The molecule has 0 spiro atoms. The van der Waals surface area contributed by atoms with Crippen LogP contribution in [0.25, 0.3) is 0 Å². The second-order valence-electron chi connectivity index (χ2n) is 5.30. The summed E-state index contributed by atoms with van der Waals surface area (Å²) in [5.41, 5.74) is 3.23. The number of benzene rings is 1. The van der Waals surface area contributed by atoms with Crippen LogP contribution in [0.1, 0.15) is 47.9 Å². The Morgan fingerprint density at radius 3 is 2.39 bits per heavy atom. The summed E-state index contributed by atoms with van der Waals surface area (Å²) in [6.07, 6.45) is 5.42. The SMILES string of the molecule is Cc1cc(C)c(C2(N=C=O)CCCC2)c(O)c1C. The molecule has 18 heavy (non-hydrogen) atoms. The first-order valence-electron chi connectivity index (χ1n) is 6.41. The van der Waals surface area contributed by atoms with Crippen molar-refractivity contribution in [2.75, 3.05) is 0 Å². The van der Waals surface area contributed by atoms with E-state index in [2.05, 4.69) is 11.1 Å². The molecule has 0 atom stereocenters. The van der Waals surface area contributed by atoms with Gasteiger partial charge in [-0.2, -0.15) is 4.99 Å². The minimum Gasteiger partial charge on any atom is -0.507 e. The Morgan fingerprint density at radius 1 is 1.22 bits per heavy atom. The fourth-order valence-electron chi connectivity index (χ4n) is 3.12. The number of carbonyl (C=O) groups excluding carboxylic acids is 1. The summed E-state index contributed by atoms with van der Waals surface area (Å²) < 4.78 is 0. The van der Waals surface area contributed by atoms with Gasteiger partial charge in [-0.25, -0.2) is 4.79 Å². The number of hydrogen-bond donors (Lipinski definition) is 1. The maximum absolute atomic E-state index is 10.7. The average molecular weight is 245 g/mol. The van der Waals surface area contributed by atoms with Crippen molar-refractivity contribution in [3.63, 3.8) is 0 Å². The van der Waals surface area contributed by atoms with E-state index in [-0.39, 0.29) is 0 Å². The van der Waals surface area contributed by atoms with Crippen molar-refractivity contribution in [2.45, 2.75) is 52.0 Å². The molecule has 1 N–H and O–H groups in total. The van der Waals surface area contributed by atoms with E-state index >= 15 is 0 Å². The first kappa shape index (κ1) is 12.8. The molecule has 96 valence electrons. The normalized spacial score (nSPS) is 17.5. The lowest BCUT2D eigenvalue weighted by Crippen LogP contribution is -2.21. The lowest BCUT2D eigenvalue weighted by atomic mass is 9.83. The molecule has 0 heterocycles. The third kappa shape index (κ3) is 1.85. The van der Waals surface area contributed by atoms with Gasteiger partial charge in [-0.3, -0.25) is 0 Å². The summed E-state index contributed by atoms with van der Waals surface area (Å²) in [5, 5.41) is 10.4. The fourth-order valence-corrected chi connectivity index (χ4v) is 3.12. The Labute approximate surface area is 108 Å². The number of aliphatic imine (C=N–C) groups is 1. The first-order chi connectivity index (χ1) is 8.52. The number of phenolic OH excluding ortho intramolecular Hbond substituents is 1. The molecule has 1 aromatic carbocycles. The molecule has 1 aliphatic rings. The summed E-state index contributed by atoms with van der Waals surface area (Å²) >= 11 is 0. The number of rotatable bonds is 2. The zero-order chi connectivity index (χ0) is 13.3. The number of isocyanates is 1. The summed E-state index contributed by atoms with van der Waals surface area (Å²) in [4.78, 5) is 14.8. The zero-order valence-corrected chi connectivity index (χ0v) is 11.2. The predicted molar refractivity (Wildman–Crippen MR) is 70.6 cm³/mol. The van der Waals surface area contributed by atoms with Crippen molar-refractivity contribution >= 4 is 6.08 Å². The van der Waals surface area contributed by atoms with Gasteiger partial charge in [0, 0.05) is 5.56 Å². The van der Waals surface area contributed by atoms with E-state index in [1.54, 1.807) is 6.08 Å². The molecule has 1 aromatic rings. The highest BCUT2D eigenvalue weighted by molar-refractivity contribution is 5.54. The molecule has 0 unspecified atom stereocenters. The molecule has 0 radical (unpaired) electrons. The van der Waals surface area contributed by atoms with Crippen molar-refractivity contribution in [3.8, 4) is 5.75 Å². The number of aryl methyl sites for hydroxylation is 2. The molecule has 0 aromatic heterocycles. The monoisotopic (exact) mass is 245 g/mol. The Morgan fingerprint density at radius 2 is 1.83 bits per heavy atom. The maximum atomic E-state index is 10.7. The van der Waals surface area contributed by atoms with Gasteiger partial charge in [-0.05, 0) is 50.3 Å². The van der Waals surface area contributed by atoms with E-state index in [4.69, 9.17) is 0 Å². The van der Waals surface area contributed by atoms with Crippen LogP contribution in [0.4, 0.5) is 0 Å². The number of aromatic hydroxyl groups is 1. The topological polar surface area (TPSA) is 49.7 Å². The minimum atomic E-state index is -0.547. The van der Waals surface area contributed by atoms with E-state index in [1.807, 2.05) is 20.8 Å². The standard InChI is InChI=1S/C15H19NO2/c1-10-8-11(2)13(14(18)12(10)3)15(16-9-17)6-4-5-7-15/h8,18H,4-7H2,1-3H3. The van der Waals surface area contributed by atoms with E-state index in [1.165, 1.54) is 0 Å². The molecular formula is C15H19NO2. The lowest BCUT2D eigenvalue weighted by Gasteiger charge is -2.27. The van der Waals surface area contributed by atoms with Gasteiger partial charge >= 0.3 is 0 Å². The summed E-state index contributed by atoms with van der Waals surface area (Å²) in [7, 11) is 0. The van der Waals surface area contributed by atoms with Crippen molar-refractivity contribution < 1.29 is 9.90 Å². The van der Waals surface area contributed by atoms with Gasteiger partial charge in [0.25, 0.3) is 0 Å². The Hall–Kier alpha value is -1.60. The molecule has 1 saturated carbocycles. The third-order valence-electron chi connectivity index (χ3n) is 4.17.